The van der Waals surface area contributed by atoms with Crippen LogP contribution in [0, 0.1) is 6.92 Å². The Hall–Kier alpha value is -3.96. The Bertz CT molecular complexity index is 1420. The average Bonchev–Trinajstić information content (AvgIpc) is 3.45. The number of nitrogens with two attached hydrogens (primary N) is 1. The SMILES string of the molecule is CCNC(=O)[C@H](CN1CCOCC1)NC(=O)c1ccc2[nH]c(-c3cc(N)nc4[nH]c(C)nc34)cc2c1. The maximum Gasteiger partial charge on any atom is 0.251 e. The zero-order valence-electron chi connectivity index (χ0n) is 20.4. The fraction of sp³-hybridized carbons (Fsp3) is 0.360. The molecule has 11 heteroatoms. The number of aromatic nitrogens is 4. The Kier molecular flexibility index (Phi) is 6.57. The van der Waals surface area contributed by atoms with Gasteiger partial charge in [-0.25, -0.2) is 9.97 Å². The summed E-state index contributed by atoms with van der Waals surface area (Å²) < 4.78 is 5.40. The summed E-state index contributed by atoms with van der Waals surface area (Å²) in [7, 11) is 0. The average molecular weight is 491 g/mol. The van der Waals surface area contributed by atoms with Crippen molar-refractivity contribution < 1.29 is 14.3 Å². The van der Waals surface area contributed by atoms with Crippen molar-refractivity contribution in [1.29, 1.82) is 0 Å². The van der Waals surface area contributed by atoms with Gasteiger partial charge in [-0.3, -0.25) is 14.5 Å². The molecule has 0 radical (unpaired) electrons. The maximum atomic E-state index is 13.2. The van der Waals surface area contributed by atoms with Crippen LogP contribution in [0.3, 0.4) is 0 Å². The van der Waals surface area contributed by atoms with Gasteiger partial charge in [0.2, 0.25) is 5.91 Å². The van der Waals surface area contributed by atoms with Crippen LogP contribution in [0.4, 0.5) is 5.82 Å². The molecule has 188 valence electrons. The van der Waals surface area contributed by atoms with Crippen LogP contribution in [0.2, 0.25) is 0 Å². The molecule has 0 unspecified atom stereocenters. The van der Waals surface area contributed by atoms with Gasteiger partial charge in [0.15, 0.2) is 5.65 Å². The van der Waals surface area contributed by atoms with Crippen LogP contribution in [0.5, 0.6) is 0 Å². The predicted octanol–water partition coefficient (Wildman–Crippen LogP) is 1.56. The topological polar surface area (TPSA) is 154 Å². The third-order valence-corrected chi connectivity index (χ3v) is 6.28. The van der Waals surface area contributed by atoms with E-state index in [1.54, 1.807) is 12.1 Å². The van der Waals surface area contributed by atoms with Gasteiger partial charge in [-0.2, -0.15) is 0 Å². The number of carbonyl (C=O) groups is 2. The van der Waals surface area contributed by atoms with Crippen molar-refractivity contribution >= 4 is 39.7 Å². The molecule has 4 heterocycles. The normalized spacial score (nSPS) is 15.3. The molecule has 1 saturated heterocycles. The number of anilines is 1. The van der Waals surface area contributed by atoms with Crippen LogP contribution in [-0.4, -0.2) is 82.1 Å². The first-order chi connectivity index (χ1) is 17.4. The largest absolute Gasteiger partial charge is 0.384 e. The minimum absolute atomic E-state index is 0.198. The van der Waals surface area contributed by atoms with E-state index in [0.29, 0.717) is 43.3 Å². The van der Waals surface area contributed by atoms with Crippen molar-refractivity contribution in [3.63, 3.8) is 0 Å². The molecule has 6 N–H and O–H groups in total. The lowest BCUT2D eigenvalue weighted by molar-refractivity contribution is -0.123. The third-order valence-electron chi connectivity index (χ3n) is 6.28. The minimum Gasteiger partial charge on any atom is -0.384 e. The molecule has 4 aromatic rings. The minimum atomic E-state index is -0.663. The van der Waals surface area contributed by atoms with E-state index in [9.17, 15) is 9.59 Å². The molecule has 2 amide bonds. The predicted molar refractivity (Wildman–Crippen MR) is 138 cm³/mol. The van der Waals surface area contributed by atoms with E-state index in [-0.39, 0.29) is 11.8 Å². The smallest absolute Gasteiger partial charge is 0.251 e. The van der Waals surface area contributed by atoms with E-state index in [1.807, 2.05) is 32.0 Å². The second-order valence-electron chi connectivity index (χ2n) is 8.93. The third kappa shape index (κ3) is 4.88. The number of morpholine rings is 1. The fourth-order valence-electron chi connectivity index (χ4n) is 4.52. The number of benzene rings is 1. The van der Waals surface area contributed by atoms with Gasteiger partial charge in [0, 0.05) is 53.9 Å². The first kappa shape index (κ1) is 23.8. The summed E-state index contributed by atoms with van der Waals surface area (Å²) in [4.78, 5) is 43.4. The fourth-order valence-corrected chi connectivity index (χ4v) is 4.52. The second kappa shape index (κ2) is 9.96. The summed E-state index contributed by atoms with van der Waals surface area (Å²) in [6.07, 6.45) is 0. The molecule has 1 fully saturated rings. The van der Waals surface area contributed by atoms with Gasteiger partial charge in [0.05, 0.1) is 13.2 Å². The lowest BCUT2D eigenvalue weighted by Crippen LogP contribution is -2.54. The maximum absolute atomic E-state index is 13.2. The Labute approximate surface area is 207 Å². The Morgan fingerprint density at radius 1 is 1.17 bits per heavy atom. The Morgan fingerprint density at radius 2 is 1.97 bits per heavy atom. The molecule has 1 aliphatic heterocycles. The first-order valence-electron chi connectivity index (χ1n) is 12.1. The molecule has 0 bridgehead atoms. The van der Waals surface area contributed by atoms with Crippen molar-refractivity contribution in [2.24, 2.45) is 0 Å². The van der Waals surface area contributed by atoms with Gasteiger partial charge in [0.25, 0.3) is 5.91 Å². The number of rotatable bonds is 7. The van der Waals surface area contributed by atoms with Gasteiger partial charge in [-0.15, -0.1) is 0 Å². The van der Waals surface area contributed by atoms with Gasteiger partial charge >= 0.3 is 0 Å². The van der Waals surface area contributed by atoms with Crippen LogP contribution in [0.15, 0.2) is 30.3 Å². The molecule has 0 aliphatic carbocycles. The van der Waals surface area contributed by atoms with E-state index in [0.717, 1.165) is 46.6 Å². The summed E-state index contributed by atoms with van der Waals surface area (Å²) in [5.74, 6) is 0.633. The highest BCUT2D eigenvalue weighted by Gasteiger charge is 2.25. The number of nitrogen functional groups attached to an aromatic ring is 1. The molecule has 5 rings (SSSR count). The molecule has 3 aromatic heterocycles. The number of hydrogen-bond donors (Lipinski definition) is 5. The number of likely N-dealkylation sites (N-methyl/N-ethyl adjacent to an activating group) is 1. The van der Waals surface area contributed by atoms with Crippen molar-refractivity contribution in [3.8, 4) is 11.3 Å². The molecule has 1 aliphatic rings. The van der Waals surface area contributed by atoms with E-state index in [2.05, 4.69) is 35.5 Å². The summed E-state index contributed by atoms with van der Waals surface area (Å²) in [6.45, 7) is 7.35. The number of ether oxygens (including phenoxy) is 1. The van der Waals surface area contributed by atoms with Crippen LogP contribution < -0.4 is 16.4 Å². The lowest BCUT2D eigenvalue weighted by Gasteiger charge is -2.30. The molecule has 0 spiro atoms. The van der Waals surface area contributed by atoms with Gasteiger partial charge in [0.1, 0.15) is 23.2 Å². The number of H-pyrrole nitrogens is 2. The molecular formula is C25H30N8O3. The van der Waals surface area contributed by atoms with E-state index in [1.165, 1.54) is 0 Å². The quantitative estimate of drug-likeness (QED) is 0.263. The summed E-state index contributed by atoms with van der Waals surface area (Å²) in [5, 5.41) is 6.60. The number of amides is 2. The zero-order chi connectivity index (χ0) is 25.2. The van der Waals surface area contributed by atoms with Gasteiger partial charge in [-0.1, -0.05) is 0 Å². The first-order valence-corrected chi connectivity index (χ1v) is 12.1. The summed E-state index contributed by atoms with van der Waals surface area (Å²) >= 11 is 0. The van der Waals surface area contributed by atoms with E-state index >= 15 is 0 Å². The second-order valence-corrected chi connectivity index (χ2v) is 8.93. The number of hydrogen-bond acceptors (Lipinski definition) is 7. The highest BCUT2D eigenvalue weighted by Crippen LogP contribution is 2.30. The number of fused-ring (bicyclic) bond motifs is 2. The monoisotopic (exact) mass is 490 g/mol. The molecule has 11 nitrogen and oxygen atoms in total. The van der Waals surface area contributed by atoms with Crippen LogP contribution in [0.25, 0.3) is 33.3 Å². The number of imidazole rings is 1. The number of aryl methyl sites for hydroxylation is 1. The Balaban J connectivity index is 1.40. The Morgan fingerprint density at radius 3 is 2.75 bits per heavy atom. The highest BCUT2D eigenvalue weighted by atomic mass is 16.5. The number of aromatic amines is 2. The lowest BCUT2D eigenvalue weighted by atomic mass is 10.1. The molecule has 0 saturated carbocycles. The molecule has 1 aromatic carbocycles. The van der Waals surface area contributed by atoms with Crippen LogP contribution in [-0.2, 0) is 9.53 Å². The van der Waals surface area contributed by atoms with Crippen molar-refractivity contribution in [2.75, 3.05) is 45.1 Å². The summed E-state index contributed by atoms with van der Waals surface area (Å²) in [6, 6.07) is 8.49. The summed E-state index contributed by atoms with van der Waals surface area (Å²) in [5.41, 5.74) is 10.3. The zero-order valence-corrected chi connectivity index (χ0v) is 20.4. The number of pyridine rings is 1. The number of carbonyl (C=O) groups excluding carboxylic acids is 2. The van der Waals surface area contributed by atoms with Crippen LogP contribution in [0.1, 0.15) is 23.1 Å². The highest BCUT2D eigenvalue weighted by molar-refractivity contribution is 6.02. The molecular weight excluding hydrogens is 460 g/mol. The number of nitrogens with one attached hydrogen (secondary N) is 4. The van der Waals surface area contributed by atoms with Gasteiger partial charge in [-0.05, 0) is 44.2 Å². The van der Waals surface area contributed by atoms with E-state index in [4.69, 9.17) is 10.5 Å². The van der Waals surface area contributed by atoms with E-state index < -0.39 is 6.04 Å². The van der Waals surface area contributed by atoms with Gasteiger partial charge < -0.3 is 31.1 Å². The number of nitrogens with zero attached hydrogens (tertiary/aromatic N) is 3. The van der Waals surface area contributed by atoms with Crippen molar-refractivity contribution in [1.82, 2.24) is 35.5 Å². The van der Waals surface area contributed by atoms with Crippen molar-refractivity contribution in [2.45, 2.75) is 19.9 Å². The standard InChI is InChI=1S/C25H30N8O3/c1-3-27-25(35)20(13-33-6-8-36-9-7-33)31-24(34)15-4-5-18-16(10-15)11-19(30-18)17-12-21(26)32-23-22(17)28-14(2)29-23/h4-5,10-12,20,30H,3,6-9,13H2,1-2H3,(H,27,35)(H,31,34)(H3,26,28,29,32)/t20-/m0/s1. The van der Waals surface area contributed by atoms with Crippen LogP contribution >= 0.6 is 0 Å². The molecule has 36 heavy (non-hydrogen) atoms. The molecule has 1 atom stereocenters. The van der Waals surface area contributed by atoms with Crippen molar-refractivity contribution in [3.05, 3.63) is 41.7 Å².